The molecule has 1 N–H and O–H groups in total. The molecule has 1 aliphatic rings. The minimum Gasteiger partial charge on any atom is -0.374 e. The molecule has 2 nitrogen and oxygen atoms in total. The monoisotopic (exact) mass is 232 g/mol. The maximum atomic E-state index is 3.21. The van der Waals surface area contributed by atoms with Crippen LogP contribution in [0.3, 0.4) is 0 Å². The zero-order valence-electron chi connectivity index (χ0n) is 11.5. The zero-order valence-corrected chi connectivity index (χ0v) is 11.5. The van der Waals surface area contributed by atoms with E-state index in [0.717, 1.165) is 18.4 Å². The van der Waals surface area contributed by atoms with Gasteiger partial charge in [0, 0.05) is 25.8 Å². The molecule has 2 rings (SSSR count). The SMILES string of the molecule is CNCc1ccc(N(C)CC2CC2C)cc1C. The van der Waals surface area contributed by atoms with Crippen LogP contribution >= 0.6 is 0 Å². The molecule has 1 aromatic rings. The van der Waals surface area contributed by atoms with Crippen LogP contribution in [0.5, 0.6) is 0 Å². The van der Waals surface area contributed by atoms with Crippen LogP contribution in [0.4, 0.5) is 5.69 Å². The Morgan fingerprint density at radius 2 is 2.12 bits per heavy atom. The number of nitrogens with zero attached hydrogens (tertiary/aromatic N) is 1. The Bertz CT molecular complexity index is 387. The van der Waals surface area contributed by atoms with Gasteiger partial charge in [0.2, 0.25) is 0 Å². The number of aryl methyl sites for hydroxylation is 1. The fourth-order valence-corrected chi connectivity index (χ4v) is 2.42. The Balaban J connectivity index is 2.02. The summed E-state index contributed by atoms with van der Waals surface area (Å²) in [6.07, 6.45) is 1.40. The predicted octanol–water partition coefficient (Wildman–Crippen LogP) is 2.81. The second-order valence-corrected chi connectivity index (χ2v) is 5.49. The van der Waals surface area contributed by atoms with Crippen molar-refractivity contribution in [3.8, 4) is 0 Å². The topological polar surface area (TPSA) is 15.3 Å². The van der Waals surface area contributed by atoms with Gasteiger partial charge in [0.05, 0.1) is 0 Å². The van der Waals surface area contributed by atoms with Crippen LogP contribution in [0.1, 0.15) is 24.5 Å². The minimum absolute atomic E-state index is 0.914. The molecule has 0 aromatic heterocycles. The van der Waals surface area contributed by atoms with Crippen molar-refractivity contribution in [2.75, 3.05) is 25.5 Å². The van der Waals surface area contributed by atoms with E-state index in [1.54, 1.807) is 0 Å². The minimum atomic E-state index is 0.914. The summed E-state index contributed by atoms with van der Waals surface area (Å²) in [7, 11) is 4.20. The molecule has 0 bridgehead atoms. The Morgan fingerprint density at radius 3 is 2.65 bits per heavy atom. The fraction of sp³-hybridized carbons (Fsp3) is 0.600. The van der Waals surface area contributed by atoms with Crippen LogP contribution in [0.2, 0.25) is 0 Å². The van der Waals surface area contributed by atoms with E-state index in [1.807, 2.05) is 7.05 Å². The lowest BCUT2D eigenvalue weighted by Gasteiger charge is -2.20. The van der Waals surface area contributed by atoms with E-state index >= 15 is 0 Å². The highest BCUT2D eigenvalue weighted by Gasteiger charge is 2.33. The third-order valence-corrected chi connectivity index (χ3v) is 3.92. The van der Waals surface area contributed by atoms with Gasteiger partial charge in [-0.2, -0.15) is 0 Å². The van der Waals surface area contributed by atoms with E-state index < -0.39 is 0 Å². The number of rotatable bonds is 5. The third-order valence-electron chi connectivity index (χ3n) is 3.92. The van der Waals surface area contributed by atoms with Crippen LogP contribution < -0.4 is 10.2 Å². The van der Waals surface area contributed by atoms with Crippen molar-refractivity contribution in [1.82, 2.24) is 5.32 Å². The van der Waals surface area contributed by atoms with Crippen molar-refractivity contribution in [1.29, 1.82) is 0 Å². The quantitative estimate of drug-likeness (QED) is 0.840. The smallest absolute Gasteiger partial charge is 0.0366 e. The molecule has 1 aliphatic carbocycles. The fourth-order valence-electron chi connectivity index (χ4n) is 2.42. The lowest BCUT2D eigenvalue weighted by molar-refractivity contribution is 0.725. The number of anilines is 1. The van der Waals surface area contributed by atoms with E-state index in [-0.39, 0.29) is 0 Å². The van der Waals surface area contributed by atoms with E-state index in [0.29, 0.717) is 0 Å². The molecule has 0 saturated heterocycles. The van der Waals surface area contributed by atoms with Gasteiger partial charge in [0.15, 0.2) is 0 Å². The molecule has 1 saturated carbocycles. The Kier molecular flexibility index (Phi) is 3.72. The first kappa shape index (κ1) is 12.4. The van der Waals surface area contributed by atoms with E-state index in [9.17, 15) is 0 Å². The van der Waals surface area contributed by atoms with Gasteiger partial charge in [-0.05, 0) is 55.5 Å². The van der Waals surface area contributed by atoms with Crippen LogP contribution in [0.25, 0.3) is 0 Å². The number of hydrogen-bond acceptors (Lipinski definition) is 2. The van der Waals surface area contributed by atoms with Gasteiger partial charge in [-0.3, -0.25) is 0 Å². The Hall–Kier alpha value is -1.02. The number of hydrogen-bond donors (Lipinski definition) is 1. The zero-order chi connectivity index (χ0) is 12.4. The summed E-state index contributed by atoms with van der Waals surface area (Å²) in [5.41, 5.74) is 4.12. The molecule has 2 unspecified atom stereocenters. The maximum Gasteiger partial charge on any atom is 0.0366 e. The first-order valence-electron chi connectivity index (χ1n) is 6.57. The van der Waals surface area contributed by atoms with Crippen LogP contribution in [-0.2, 0) is 6.54 Å². The lowest BCUT2D eigenvalue weighted by atomic mass is 10.1. The summed E-state index contributed by atoms with van der Waals surface area (Å²) in [6, 6.07) is 6.79. The molecule has 0 aliphatic heterocycles. The molecule has 1 fully saturated rings. The summed E-state index contributed by atoms with van der Waals surface area (Å²) in [4.78, 5) is 2.39. The van der Waals surface area contributed by atoms with Crippen molar-refractivity contribution in [3.63, 3.8) is 0 Å². The largest absolute Gasteiger partial charge is 0.374 e. The second-order valence-electron chi connectivity index (χ2n) is 5.49. The van der Waals surface area contributed by atoms with Gasteiger partial charge in [0.25, 0.3) is 0 Å². The highest BCUT2D eigenvalue weighted by molar-refractivity contribution is 5.50. The van der Waals surface area contributed by atoms with E-state index in [4.69, 9.17) is 0 Å². The second kappa shape index (κ2) is 5.09. The van der Waals surface area contributed by atoms with Gasteiger partial charge in [-0.1, -0.05) is 13.0 Å². The first-order chi connectivity index (χ1) is 8.11. The number of benzene rings is 1. The average Bonchev–Trinajstić information content (AvgIpc) is 2.97. The first-order valence-corrected chi connectivity index (χ1v) is 6.57. The normalized spacial score (nSPS) is 22.6. The van der Waals surface area contributed by atoms with Gasteiger partial charge in [0.1, 0.15) is 0 Å². The van der Waals surface area contributed by atoms with Crippen molar-refractivity contribution in [3.05, 3.63) is 29.3 Å². The van der Waals surface area contributed by atoms with Crippen LogP contribution in [0.15, 0.2) is 18.2 Å². The standard InChI is InChI=1S/C15H24N2/c1-11-7-14(11)10-17(4)15-6-5-13(9-16-3)12(2)8-15/h5-6,8,11,14,16H,7,9-10H2,1-4H3. The van der Waals surface area contributed by atoms with Crippen LogP contribution in [-0.4, -0.2) is 20.6 Å². The lowest BCUT2D eigenvalue weighted by Crippen LogP contribution is -2.20. The van der Waals surface area contributed by atoms with Crippen molar-refractivity contribution < 1.29 is 0 Å². The van der Waals surface area contributed by atoms with E-state index in [2.05, 4.69) is 49.3 Å². The van der Waals surface area contributed by atoms with Gasteiger partial charge in [-0.15, -0.1) is 0 Å². The highest BCUT2D eigenvalue weighted by atomic mass is 15.1. The summed E-state index contributed by atoms with van der Waals surface area (Å²) in [5, 5.41) is 3.21. The number of nitrogens with one attached hydrogen (secondary N) is 1. The predicted molar refractivity (Wildman–Crippen MR) is 74.5 cm³/mol. The Labute approximate surface area is 105 Å². The van der Waals surface area contributed by atoms with Crippen molar-refractivity contribution in [2.45, 2.75) is 26.8 Å². The molecule has 0 spiro atoms. The van der Waals surface area contributed by atoms with Gasteiger partial charge in [-0.25, -0.2) is 0 Å². The van der Waals surface area contributed by atoms with Crippen molar-refractivity contribution in [2.24, 2.45) is 11.8 Å². The molecule has 0 radical (unpaired) electrons. The van der Waals surface area contributed by atoms with Gasteiger partial charge >= 0.3 is 0 Å². The molecule has 17 heavy (non-hydrogen) atoms. The molecule has 0 heterocycles. The maximum absolute atomic E-state index is 3.21. The molecule has 0 amide bonds. The summed E-state index contributed by atoms with van der Waals surface area (Å²) >= 11 is 0. The Morgan fingerprint density at radius 1 is 1.41 bits per heavy atom. The summed E-state index contributed by atoms with van der Waals surface area (Å²) in [6.45, 7) is 6.70. The summed E-state index contributed by atoms with van der Waals surface area (Å²) in [5.74, 6) is 1.85. The van der Waals surface area contributed by atoms with Crippen molar-refractivity contribution >= 4 is 5.69 Å². The highest BCUT2D eigenvalue weighted by Crippen LogP contribution is 2.38. The molecular formula is C15H24N2. The average molecular weight is 232 g/mol. The molecular weight excluding hydrogens is 208 g/mol. The van der Waals surface area contributed by atoms with E-state index in [1.165, 1.54) is 29.8 Å². The summed E-state index contributed by atoms with van der Waals surface area (Å²) < 4.78 is 0. The van der Waals surface area contributed by atoms with Crippen LogP contribution in [0, 0.1) is 18.8 Å². The molecule has 2 heteroatoms. The molecule has 2 atom stereocenters. The molecule has 94 valence electrons. The van der Waals surface area contributed by atoms with Gasteiger partial charge < -0.3 is 10.2 Å². The molecule has 1 aromatic carbocycles. The third kappa shape index (κ3) is 3.01.